The fourth-order valence-electron chi connectivity index (χ4n) is 3.09. The highest BCUT2D eigenvalue weighted by atomic mass is 16.2. The van der Waals surface area contributed by atoms with Crippen LogP contribution in [-0.2, 0) is 24.4 Å². The van der Waals surface area contributed by atoms with Crippen molar-refractivity contribution in [2.24, 2.45) is 0 Å². The summed E-state index contributed by atoms with van der Waals surface area (Å²) >= 11 is 0. The van der Waals surface area contributed by atoms with E-state index in [1.807, 2.05) is 35.0 Å². The SMILES string of the molecule is O=C(NCc1cccnc1)c1ccc(CN2C(=O)CCn3nccc32)cc1. The zero-order valence-corrected chi connectivity index (χ0v) is 14.7. The molecule has 0 radical (unpaired) electrons. The van der Waals surface area contributed by atoms with Crippen LogP contribution in [0.5, 0.6) is 0 Å². The summed E-state index contributed by atoms with van der Waals surface area (Å²) in [7, 11) is 0. The summed E-state index contributed by atoms with van der Waals surface area (Å²) < 4.78 is 1.83. The summed E-state index contributed by atoms with van der Waals surface area (Å²) in [4.78, 5) is 30.3. The Hall–Kier alpha value is -3.48. The lowest BCUT2D eigenvalue weighted by molar-refractivity contribution is -0.119. The van der Waals surface area contributed by atoms with E-state index in [2.05, 4.69) is 15.4 Å². The maximum atomic E-state index is 12.3. The second-order valence-electron chi connectivity index (χ2n) is 6.38. The Balaban J connectivity index is 1.41. The van der Waals surface area contributed by atoms with Gasteiger partial charge in [0.15, 0.2) is 0 Å². The van der Waals surface area contributed by atoms with Gasteiger partial charge in [-0.1, -0.05) is 18.2 Å². The molecule has 2 amide bonds. The maximum absolute atomic E-state index is 12.3. The number of anilines is 1. The van der Waals surface area contributed by atoms with Gasteiger partial charge >= 0.3 is 0 Å². The Bertz CT molecular complexity index is 950. The molecule has 3 aromatic rings. The number of hydrogen-bond donors (Lipinski definition) is 1. The first-order valence-corrected chi connectivity index (χ1v) is 8.79. The Morgan fingerprint density at radius 3 is 2.70 bits per heavy atom. The van der Waals surface area contributed by atoms with Crippen molar-refractivity contribution >= 4 is 17.6 Å². The zero-order chi connectivity index (χ0) is 18.6. The number of carbonyl (C=O) groups excluding carboxylic acids is 2. The molecule has 0 fully saturated rings. The molecule has 1 aliphatic rings. The van der Waals surface area contributed by atoms with E-state index in [-0.39, 0.29) is 11.8 Å². The van der Waals surface area contributed by atoms with E-state index in [1.165, 1.54) is 0 Å². The maximum Gasteiger partial charge on any atom is 0.251 e. The number of amides is 2. The fraction of sp³-hybridized carbons (Fsp3) is 0.200. The van der Waals surface area contributed by atoms with Gasteiger partial charge in [-0.3, -0.25) is 19.5 Å². The molecule has 27 heavy (non-hydrogen) atoms. The Labute approximate surface area is 156 Å². The van der Waals surface area contributed by atoms with E-state index in [1.54, 1.807) is 35.6 Å². The van der Waals surface area contributed by atoms with Gasteiger partial charge in [0.05, 0.1) is 19.3 Å². The molecule has 7 nitrogen and oxygen atoms in total. The topological polar surface area (TPSA) is 80.1 Å². The summed E-state index contributed by atoms with van der Waals surface area (Å²) in [6, 6.07) is 12.9. The lowest BCUT2D eigenvalue weighted by Gasteiger charge is -2.27. The first-order chi connectivity index (χ1) is 13.2. The molecule has 4 rings (SSSR count). The second-order valence-corrected chi connectivity index (χ2v) is 6.38. The molecular weight excluding hydrogens is 342 g/mol. The first kappa shape index (κ1) is 17.0. The molecular formula is C20H19N5O2. The van der Waals surface area contributed by atoms with E-state index in [4.69, 9.17) is 0 Å². The van der Waals surface area contributed by atoms with Crippen molar-refractivity contribution in [3.8, 4) is 0 Å². The van der Waals surface area contributed by atoms with Gasteiger partial charge in [0.1, 0.15) is 5.82 Å². The van der Waals surface area contributed by atoms with Crippen molar-refractivity contribution in [2.45, 2.75) is 26.1 Å². The minimum absolute atomic E-state index is 0.0845. The molecule has 0 saturated heterocycles. The summed E-state index contributed by atoms with van der Waals surface area (Å²) in [5, 5.41) is 7.11. The van der Waals surface area contributed by atoms with Gasteiger partial charge in [-0.15, -0.1) is 0 Å². The number of carbonyl (C=O) groups is 2. The van der Waals surface area contributed by atoms with E-state index in [0.717, 1.165) is 16.9 Å². The van der Waals surface area contributed by atoms with Crippen LogP contribution in [0.2, 0.25) is 0 Å². The molecule has 7 heteroatoms. The number of fused-ring (bicyclic) bond motifs is 1. The normalized spacial score (nSPS) is 13.3. The Morgan fingerprint density at radius 2 is 1.93 bits per heavy atom. The molecule has 0 unspecified atom stereocenters. The highest BCUT2D eigenvalue weighted by molar-refractivity contribution is 5.95. The van der Waals surface area contributed by atoms with Crippen LogP contribution in [0.1, 0.15) is 27.9 Å². The second kappa shape index (κ2) is 7.41. The third kappa shape index (κ3) is 3.72. The van der Waals surface area contributed by atoms with Crippen LogP contribution < -0.4 is 10.2 Å². The summed E-state index contributed by atoms with van der Waals surface area (Å²) in [5.74, 6) is 0.753. The average molecular weight is 361 g/mol. The first-order valence-electron chi connectivity index (χ1n) is 8.79. The van der Waals surface area contributed by atoms with E-state index in [0.29, 0.717) is 31.6 Å². The minimum Gasteiger partial charge on any atom is -0.348 e. The average Bonchev–Trinajstić information content (AvgIpc) is 3.19. The lowest BCUT2D eigenvalue weighted by Crippen LogP contribution is -2.36. The monoisotopic (exact) mass is 361 g/mol. The highest BCUT2D eigenvalue weighted by Gasteiger charge is 2.24. The predicted molar refractivity (Wildman–Crippen MR) is 99.9 cm³/mol. The molecule has 0 saturated carbocycles. The third-order valence-corrected chi connectivity index (χ3v) is 4.54. The van der Waals surface area contributed by atoms with Crippen molar-refractivity contribution in [1.82, 2.24) is 20.1 Å². The van der Waals surface area contributed by atoms with Crippen LogP contribution in [0.3, 0.4) is 0 Å². The molecule has 0 bridgehead atoms. The summed E-state index contributed by atoms with van der Waals surface area (Å²) in [5.41, 5.74) is 2.49. The van der Waals surface area contributed by atoms with Gasteiger partial charge < -0.3 is 5.32 Å². The fourth-order valence-corrected chi connectivity index (χ4v) is 3.09. The number of aromatic nitrogens is 3. The Morgan fingerprint density at radius 1 is 1.07 bits per heavy atom. The van der Waals surface area contributed by atoms with Crippen molar-refractivity contribution < 1.29 is 9.59 Å². The van der Waals surface area contributed by atoms with E-state index < -0.39 is 0 Å². The molecule has 136 valence electrons. The van der Waals surface area contributed by atoms with Gasteiger partial charge in [-0.25, -0.2) is 4.68 Å². The largest absolute Gasteiger partial charge is 0.348 e. The molecule has 2 aromatic heterocycles. The lowest BCUT2D eigenvalue weighted by atomic mass is 10.1. The van der Waals surface area contributed by atoms with Crippen LogP contribution in [-0.4, -0.2) is 26.6 Å². The number of rotatable bonds is 5. The van der Waals surface area contributed by atoms with Crippen molar-refractivity contribution in [3.63, 3.8) is 0 Å². The third-order valence-electron chi connectivity index (χ3n) is 4.54. The highest BCUT2D eigenvalue weighted by Crippen LogP contribution is 2.23. The van der Waals surface area contributed by atoms with Gasteiger partial charge in [-0.05, 0) is 29.3 Å². The van der Waals surface area contributed by atoms with Crippen LogP contribution in [0.25, 0.3) is 0 Å². The molecule has 3 heterocycles. The van der Waals surface area contributed by atoms with Crippen LogP contribution in [0, 0.1) is 0 Å². The van der Waals surface area contributed by atoms with E-state index >= 15 is 0 Å². The number of benzene rings is 1. The Kier molecular flexibility index (Phi) is 4.65. The van der Waals surface area contributed by atoms with Gasteiger partial charge in [0.25, 0.3) is 5.91 Å². The number of nitrogens with one attached hydrogen (secondary N) is 1. The molecule has 0 spiro atoms. The smallest absolute Gasteiger partial charge is 0.251 e. The van der Waals surface area contributed by atoms with Gasteiger partial charge in [0.2, 0.25) is 5.91 Å². The number of nitrogens with zero attached hydrogens (tertiary/aromatic N) is 4. The number of pyridine rings is 1. The predicted octanol–water partition coefficient (Wildman–Crippen LogP) is 2.14. The zero-order valence-electron chi connectivity index (χ0n) is 14.7. The molecule has 0 atom stereocenters. The van der Waals surface area contributed by atoms with Crippen molar-refractivity contribution in [1.29, 1.82) is 0 Å². The number of aryl methyl sites for hydroxylation is 1. The van der Waals surface area contributed by atoms with Crippen molar-refractivity contribution in [3.05, 3.63) is 77.7 Å². The van der Waals surface area contributed by atoms with Crippen LogP contribution >= 0.6 is 0 Å². The summed E-state index contributed by atoms with van der Waals surface area (Å²) in [6.07, 6.45) is 5.58. The quantitative estimate of drug-likeness (QED) is 0.755. The molecule has 1 N–H and O–H groups in total. The molecule has 1 aromatic carbocycles. The van der Waals surface area contributed by atoms with Gasteiger partial charge in [0, 0.05) is 37.0 Å². The summed E-state index contributed by atoms with van der Waals surface area (Å²) in [6.45, 7) is 1.51. The standard InChI is InChI=1S/C20H19N5O2/c26-19-8-11-25-18(7-10-23-25)24(19)14-15-3-5-17(6-4-15)20(27)22-13-16-2-1-9-21-12-16/h1-7,9-10,12H,8,11,13-14H2,(H,22,27). The van der Waals surface area contributed by atoms with E-state index in [9.17, 15) is 9.59 Å². The van der Waals surface area contributed by atoms with Crippen molar-refractivity contribution in [2.75, 3.05) is 4.90 Å². The molecule has 0 aliphatic carbocycles. The number of hydrogen-bond acceptors (Lipinski definition) is 4. The molecule has 1 aliphatic heterocycles. The minimum atomic E-state index is -0.141. The van der Waals surface area contributed by atoms with Crippen LogP contribution in [0.4, 0.5) is 5.82 Å². The van der Waals surface area contributed by atoms with Gasteiger partial charge in [-0.2, -0.15) is 5.10 Å². The van der Waals surface area contributed by atoms with Crippen LogP contribution in [0.15, 0.2) is 61.1 Å².